The Morgan fingerprint density at radius 2 is 1.52 bits per heavy atom. The van der Waals surface area contributed by atoms with Crippen molar-refractivity contribution in [1.82, 2.24) is 20.3 Å². The Hall–Kier alpha value is -3.58. The van der Waals surface area contributed by atoms with Crippen molar-refractivity contribution < 1.29 is 4.79 Å². The van der Waals surface area contributed by atoms with Gasteiger partial charge >= 0.3 is 0 Å². The van der Waals surface area contributed by atoms with Crippen LogP contribution in [-0.2, 0) is 0 Å². The van der Waals surface area contributed by atoms with Gasteiger partial charge in [0.1, 0.15) is 11.0 Å². The molecule has 132 valence electrons. The summed E-state index contributed by atoms with van der Waals surface area (Å²) < 4.78 is 0. The van der Waals surface area contributed by atoms with Gasteiger partial charge < -0.3 is 5.32 Å². The van der Waals surface area contributed by atoms with Crippen molar-refractivity contribution in [1.29, 1.82) is 0 Å². The molecular formula is C20H15N5OS. The van der Waals surface area contributed by atoms with Gasteiger partial charge in [-0.1, -0.05) is 36.4 Å². The Kier molecular flexibility index (Phi) is 4.59. The fraction of sp³-hybridized carbons (Fsp3) is 0. The Bertz CT molecular complexity index is 1110. The molecule has 3 aromatic carbocycles. The molecule has 0 bridgehead atoms. The molecule has 0 radical (unpaired) electrons. The summed E-state index contributed by atoms with van der Waals surface area (Å²) in [4.78, 5) is 13.7. The topological polar surface area (TPSA) is 71.8 Å². The third-order valence-electron chi connectivity index (χ3n) is 3.89. The van der Waals surface area contributed by atoms with E-state index < -0.39 is 0 Å². The van der Waals surface area contributed by atoms with E-state index in [0.717, 1.165) is 22.4 Å². The number of fused-ring (bicyclic) bond motifs is 1. The van der Waals surface area contributed by atoms with Crippen molar-refractivity contribution in [3.63, 3.8) is 0 Å². The van der Waals surface area contributed by atoms with E-state index in [4.69, 9.17) is 12.2 Å². The third kappa shape index (κ3) is 3.83. The molecule has 0 saturated heterocycles. The van der Waals surface area contributed by atoms with Crippen LogP contribution in [0.4, 0.5) is 5.69 Å². The van der Waals surface area contributed by atoms with Gasteiger partial charge in [0.2, 0.25) is 0 Å². The fourth-order valence-electron chi connectivity index (χ4n) is 2.60. The number of hydrogen-bond donors (Lipinski definition) is 2. The summed E-state index contributed by atoms with van der Waals surface area (Å²) in [6.07, 6.45) is 0. The van der Waals surface area contributed by atoms with E-state index in [1.807, 2.05) is 54.6 Å². The average molecular weight is 373 g/mol. The van der Waals surface area contributed by atoms with Crippen LogP contribution >= 0.6 is 12.2 Å². The number of carbonyl (C=O) groups excluding carboxylic acids is 1. The maximum Gasteiger partial charge on any atom is 0.257 e. The second-order valence-electron chi connectivity index (χ2n) is 5.80. The SMILES string of the molecule is O=C(NC(=S)Nc1ccc2nn(-c3ccccc3)nc2c1)c1ccccc1. The van der Waals surface area contributed by atoms with Gasteiger partial charge in [0, 0.05) is 11.3 Å². The van der Waals surface area contributed by atoms with E-state index in [1.54, 1.807) is 29.1 Å². The smallest absolute Gasteiger partial charge is 0.257 e. The molecule has 0 atom stereocenters. The Morgan fingerprint density at radius 1 is 0.852 bits per heavy atom. The lowest BCUT2D eigenvalue weighted by molar-refractivity contribution is 0.0977. The second kappa shape index (κ2) is 7.35. The van der Waals surface area contributed by atoms with Crippen LogP contribution in [-0.4, -0.2) is 26.0 Å². The lowest BCUT2D eigenvalue weighted by Crippen LogP contribution is -2.34. The molecule has 0 fully saturated rings. The standard InChI is InChI=1S/C20H15N5OS/c26-19(14-7-3-1-4-8-14)22-20(27)21-15-11-12-17-18(13-15)24-25(23-17)16-9-5-2-6-10-16/h1-13H,(H2,21,22,26,27). The number of carbonyl (C=O) groups is 1. The predicted molar refractivity (Wildman–Crippen MR) is 109 cm³/mol. The number of hydrogen-bond acceptors (Lipinski definition) is 4. The third-order valence-corrected chi connectivity index (χ3v) is 4.09. The van der Waals surface area contributed by atoms with Gasteiger partial charge in [-0.25, -0.2) is 0 Å². The monoisotopic (exact) mass is 373 g/mol. The first kappa shape index (κ1) is 16.9. The van der Waals surface area contributed by atoms with Gasteiger partial charge in [-0.2, -0.15) is 4.80 Å². The lowest BCUT2D eigenvalue weighted by Gasteiger charge is -2.09. The molecule has 4 rings (SSSR count). The average Bonchev–Trinajstić information content (AvgIpc) is 3.12. The summed E-state index contributed by atoms with van der Waals surface area (Å²) >= 11 is 5.23. The van der Waals surface area contributed by atoms with E-state index in [1.165, 1.54) is 0 Å². The molecule has 7 heteroatoms. The minimum atomic E-state index is -0.260. The Morgan fingerprint density at radius 3 is 2.26 bits per heavy atom. The number of rotatable bonds is 3. The number of anilines is 1. The van der Waals surface area contributed by atoms with Gasteiger partial charge in [-0.05, 0) is 54.7 Å². The van der Waals surface area contributed by atoms with Crippen molar-refractivity contribution in [3.05, 3.63) is 84.4 Å². The molecule has 4 aromatic rings. The van der Waals surface area contributed by atoms with Crippen LogP contribution in [0.1, 0.15) is 10.4 Å². The summed E-state index contributed by atoms with van der Waals surface area (Å²) in [7, 11) is 0. The number of nitrogens with zero attached hydrogens (tertiary/aromatic N) is 3. The molecule has 0 aliphatic carbocycles. The molecule has 0 aliphatic rings. The number of nitrogens with one attached hydrogen (secondary N) is 2. The maximum atomic E-state index is 12.2. The van der Waals surface area contributed by atoms with Gasteiger partial charge in [0.15, 0.2) is 5.11 Å². The molecule has 0 aliphatic heterocycles. The number of para-hydroxylation sites is 1. The van der Waals surface area contributed by atoms with Crippen molar-refractivity contribution in [2.75, 3.05) is 5.32 Å². The maximum absolute atomic E-state index is 12.2. The first-order chi connectivity index (χ1) is 13.2. The van der Waals surface area contributed by atoms with Gasteiger partial charge in [0.25, 0.3) is 5.91 Å². The normalized spacial score (nSPS) is 10.5. The van der Waals surface area contributed by atoms with Gasteiger partial charge in [0.05, 0.1) is 5.69 Å². The fourth-order valence-corrected chi connectivity index (χ4v) is 2.81. The molecule has 0 saturated carbocycles. The number of thiocarbonyl (C=S) groups is 1. The Balaban J connectivity index is 1.49. The zero-order chi connectivity index (χ0) is 18.6. The lowest BCUT2D eigenvalue weighted by atomic mass is 10.2. The highest BCUT2D eigenvalue weighted by molar-refractivity contribution is 7.80. The first-order valence-electron chi connectivity index (χ1n) is 8.29. The zero-order valence-corrected chi connectivity index (χ0v) is 15.0. The number of aromatic nitrogens is 3. The van der Waals surface area contributed by atoms with Crippen LogP contribution < -0.4 is 10.6 Å². The molecule has 6 nitrogen and oxygen atoms in total. The van der Waals surface area contributed by atoms with Crippen LogP contribution in [0.5, 0.6) is 0 Å². The van der Waals surface area contributed by atoms with Crippen molar-refractivity contribution >= 4 is 40.0 Å². The van der Waals surface area contributed by atoms with Crippen LogP contribution in [0.25, 0.3) is 16.7 Å². The summed E-state index contributed by atoms with van der Waals surface area (Å²) in [5, 5.41) is 14.9. The first-order valence-corrected chi connectivity index (χ1v) is 8.70. The van der Waals surface area contributed by atoms with Crippen molar-refractivity contribution in [3.8, 4) is 5.69 Å². The van der Waals surface area contributed by atoms with E-state index in [0.29, 0.717) is 5.56 Å². The Labute approximate surface area is 160 Å². The quantitative estimate of drug-likeness (QED) is 0.538. The van der Waals surface area contributed by atoms with E-state index in [-0.39, 0.29) is 11.0 Å². The highest BCUT2D eigenvalue weighted by Gasteiger charge is 2.09. The summed E-state index contributed by atoms with van der Waals surface area (Å²) in [5.74, 6) is -0.260. The van der Waals surface area contributed by atoms with E-state index in [2.05, 4.69) is 20.8 Å². The van der Waals surface area contributed by atoms with E-state index >= 15 is 0 Å². The molecule has 0 spiro atoms. The predicted octanol–water partition coefficient (Wildman–Crippen LogP) is 3.55. The van der Waals surface area contributed by atoms with Crippen LogP contribution in [0, 0.1) is 0 Å². The largest absolute Gasteiger partial charge is 0.332 e. The number of amides is 1. The van der Waals surface area contributed by atoms with E-state index in [9.17, 15) is 4.79 Å². The molecule has 27 heavy (non-hydrogen) atoms. The molecule has 2 N–H and O–H groups in total. The van der Waals surface area contributed by atoms with Gasteiger partial charge in [-0.3, -0.25) is 10.1 Å². The highest BCUT2D eigenvalue weighted by atomic mass is 32.1. The van der Waals surface area contributed by atoms with Crippen molar-refractivity contribution in [2.24, 2.45) is 0 Å². The summed E-state index contributed by atoms with van der Waals surface area (Å²) in [5.41, 5.74) is 3.64. The number of benzene rings is 3. The van der Waals surface area contributed by atoms with Crippen LogP contribution in [0.2, 0.25) is 0 Å². The minimum absolute atomic E-state index is 0.221. The summed E-state index contributed by atoms with van der Waals surface area (Å²) in [6, 6.07) is 24.1. The molecular weight excluding hydrogens is 358 g/mol. The molecule has 1 amide bonds. The zero-order valence-electron chi connectivity index (χ0n) is 14.2. The molecule has 1 aromatic heterocycles. The van der Waals surface area contributed by atoms with Crippen molar-refractivity contribution in [2.45, 2.75) is 0 Å². The van der Waals surface area contributed by atoms with Crippen LogP contribution in [0.15, 0.2) is 78.9 Å². The second-order valence-corrected chi connectivity index (χ2v) is 6.21. The summed E-state index contributed by atoms with van der Waals surface area (Å²) in [6.45, 7) is 0. The minimum Gasteiger partial charge on any atom is -0.332 e. The van der Waals surface area contributed by atoms with Gasteiger partial charge in [-0.15, -0.1) is 10.2 Å². The molecule has 1 heterocycles. The highest BCUT2D eigenvalue weighted by Crippen LogP contribution is 2.17. The molecule has 0 unspecified atom stereocenters. The van der Waals surface area contributed by atoms with Crippen LogP contribution in [0.3, 0.4) is 0 Å².